The third kappa shape index (κ3) is 6.46. The predicted molar refractivity (Wildman–Crippen MR) is 105 cm³/mol. The molecule has 1 saturated heterocycles. The number of carbonyl (C=O) groups is 1. The zero-order chi connectivity index (χ0) is 20.2. The molecule has 1 amide bonds. The summed E-state index contributed by atoms with van der Waals surface area (Å²) in [5.41, 5.74) is 1.82. The highest BCUT2D eigenvalue weighted by molar-refractivity contribution is 7.88. The molecule has 0 aliphatic carbocycles. The molecular weight excluding hydrogens is 366 g/mol. The third-order valence-corrected chi connectivity index (χ3v) is 5.28. The van der Waals surface area contributed by atoms with E-state index in [4.69, 9.17) is 9.72 Å². The van der Waals surface area contributed by atoms with E-state index in [2.05, 4.69) is 18.6 Å². The van der Waals surface area contributed by atoms with E-state index in [0.717, 1.165) is 24.1 Å². The zero-order valence-electron chi connectivity index (χ0n) is 16.8. The minimum Gasteiger partial charge on any atom is -0.447 e. The van der Waals surface area contributed by atoms with Crippen LogP contribution in [0.1, 0.15) is 57.8 Å². The minimum absolute atomic E-state index is 0.233. The predicted octanol–water partition coefficient (Wildman–Crippen LogP) is 2.67. The maximum Gasteiger partial charge on any atom is 0.410 e. The van der Waals surface area contributed by atoms with Crippen LogP contribution in [0, 0.1) is 0 Å². The Hall–Kier alpha value is -1.67. The first kappa shape index (κ1) is 21.6. The lowest BCUT2D eigenvalue weighted by molar-refractivity contribution is 0.0459. The van der Waals surface area contributed by atoms with Gasteiger partial charge in [-0.25, -0.2) is 17.9 Å². The molecule has 8 heteroatoms. The molecule has 2 heterocycles. The van der Waals surface area contributed by atoms with Crippen LogP contribution in [0.5, 0.6) is 0 Å². The largest absolute Gasteiger partial charge is 0.447 e. The first-order valence-corrected chi connectivity index (χ1v) is 11.4. The summed E-state index contributed by atoms with van der Waals surface area (Å²) in [6, 6.07) is 5.15. The number of amides is 1. The Morgan fingerprint density at radius 2 is 2.04 bits per heavy atom. The molecular formula is C19H31N3O4S. The van der Waals surface area contributed by atoms with E-state index in [1.807, 2.05) is 18.2 Å². The lowest BCUT2D eigenvalue weighted by Crippen LogP contribution is -2.58. The van der Waals surface area contributed by atoms with Gasteiger partial charge in [-0.05, 0) is 44.7 Å². The number of ether oxygens (including phenoxy) is 1. The van der Waals surface area contributed by atoms with Crippen LogP contribution in [0.4, 0.5) is 4.79 Å². The number of hydrogen-bond acceptors (Lipinski definition) is 5. The van der Waals surface area contributed by atoms with Gasteiger partial charge in [0.25, 0.3) is 0 Å². The van der Waals surface area contributed by atoms with Gasteiger partial charge >= 0.3 is 6.09 Å². The average Bonchev–Trinajstić information content (AvgIpc) is 2.54. The topological polar surface area (TPSA) is 88.6 Å². The van der Waals surface area contributed by atoms with Crippen LogP contribution in [-0.4, -0.2) is 55.4 Å². The van der Waals surface area contributed by atoms with Crippen molar-refractivity contribution in [3.63, 3.8) is 0 Å². The molecule has 27 heavy (non-hydrogen) atoms. The van der Waals surface area contributed by atoms with Crippen molar-refractivity contribution in [2.24, 2.45) is 0 Å². The van der Waals surface area contributed by atoms with Crippen molar-refractivity contribution in [2.45, 2.75) is 71.1 Å². The quantitative estimate of drug-likeness (QED) is 0.797. The number of aromatic nitrogens is 1. The summed E-state index contributed by atoms with van der Waals surface area (Å²) in [4.78, 5) is 18.9. The van der Waals surface area contributed by atoms with Crippen molar-refractivity contribution in [3.05, 3.63) is 29.6 Å². The second-order valence-corrected chi connectivity index (χ2v) is 9.52. The summed E-state index contributed by atoms with van der Waals surface area (Å²) >= 11 is 0. The van der Waals surface area contributed by atoms with E-state index in [1.165, 1.54) is 0 Å². The van der Waals surface area contributed by atoms with Crippen molar-refractivity contribution >= 4 is 16.1 Å². The Bertz CT molecular complexity index is 749. The highest BCUT2D eigenvalue weighted by Gasteiger charge is 2.37. The number of likely N-dealkylation sites (tertiary alicyclic amines) is 1. The number of rotatable bonds is 6. The lowest BCUT2D eigenvalue weighted by atomic mass is 9.93. The third-order valence-electron chi connectivity index (χ3n) is 4.55. The maximum absolute atomic E-state index is 12.6. The molecule has 1 aliphatic rings. The summed E-state index contributed by atoms with van der Waals surface area (Å²) in [7, 11) is -3.39. The molecule has 2 rings (SSSR count). The first-order valence-electron chi connectivity index (χ1n) is 9.47. The van der Waals surface area contributed by atoms with Gasteiger partial charge in [-0.15, -0.1) is 0 Å². The fourth-order valence-electron chi connectivity index (χ4n) is 3.37. The SMILES string of the molecule is CC(C)OC(=O)N1CCCC(NS(C)(=O)=O)C1Cc1cccc(C(C)C)n1. The number of nitrogens with one attached hydrogen (secondary N) is 1. The van der Waals surface area contributed by atoms with Gasteiger partial charge in [-0.3, -0.25) is 4.98 Å². The van der Waals surface area contributed by atoms with Gasteiger partial charge in [0, 0.05) is 30.4 Å². The second kappa shape index (κ2) is 9.01. The Balaban J connectivity index is 2.31. The molecule has 0 bridgehead atoms. The van der Waals surface area contributed by atoms with E-state index in [1.54, 1.807) is 18.7 Å². The van der Waals surface area contributed by atoms with Crippen molar-refractivity contribution < 1.29 is 17.9 Å². The van der Waals surface area contributed by atoms with E-state index in [-0.39, 0.29) is 18.2 Å². The summed E-state index contributed by atoms with van der Waals surface area (Å²) in [6.45, 7) is 8.30. The van der Waals surface area contributed by atoms with Gasteiger partial charge < -0.3 is 9.64 Å². The summed E-state index contributed by atoms with van der Waals surface area (Å²) in [5.74, 6) is 0.295. The molecule has 7 nitrogen and oxygen atoms in total. The summed E-state index contributed by atoms with van der Waals surface area (Å²) in [6.07, 6.45) is 2.37. The van der Waals surface area contributed by atoms with E-state index < -0.39 is 16.1 Å². The molecule has 2 atom stereocenters. The minimum atomic E-state index is -3.39. The Labute approximate surface area is 162 Å². The van der Waals surface area contributed by atoms with Gasteiger partial charge in [0.05, 0.1) is 18.4 Å². The summed E-state index contributed by atoms with van der Waals surface area (Å²) < 4.78 is 31.8. The molecule has 152 valence electrons. The molecule has 0 spiro atoms. The molecule has 1 aromatic heterocycles. The van der Waals surface area contributed by atoms with Crippen molar-refractivity contribution in [2.75, 3.05) is 12.8 Å². The van der Waals surface area contributed by atoms with Crippen molar-refractivity contribution in [1.29, 1.82) is 0 Å². The van der Waals surface area contributed by atoms with Crippen LogP contribution in [-0.2, 0) is 21.2 Å². The van der Waals surface area contributed by atoms with Crippen LogP contribution in [0.2, 0.25) is 0 Å². The molecule has 2 unspecified atom stereocenters. The van der Waals surface area contributed by atoms with Crippen LogP contribution in [0.25, 0.3) is 0 Å². The number of hydrogen-bond donors (Lipinski definition) is 1. The van der Waals surface area contributed by atoms with Crippen molar-refractivity contribution in [1.82, 2.24) is 14.6 Å². The summed E-state index contributed by atoms with van der Waals surface area (Å²) in [5, 5.41) is 0. The van der Waals surface area contributed by atoms with Crippen LogP contribution < -0.4 is 4.72 Å². The highest BCUT2D eigenvalue weighted by atomic mass is 32.2. The smallest absolute Gasteiger partial charge is 0.410 e. The molecule has 1 N–H and O–H groups in total. The van der Waals surface area contributed by atoms with E-state index in [0.29, 0.717) is 25.3 Å². The highest BCUT2D eigenvalue weighted by Crippen LogP contribution is 2.23. The normalized spacial score (nSPS) is 20.9. The number of pyridine rings is 1. The molecule has 1 fully saturated rings. The fraction of sp³-hybridized carbons (Fsp3) is 0.684. The molecule has 0 radical (unpaired) electrons. The number of carbonyl (C=O) groups excluding carboxylic acids is 1. The van der Waals surface area contributed by atoms with Gasteiger partial charge in [-0.2, -0.15) is 0 Å². The molecule has 1 aliphatic heterocycles. The van der Waals surface area contributed by atoms with Gasteiger partial charge in [-0.1, -0.05) is 19.9 Å². The average molecular weight is 398 g/mol. The number of piperidine rings is 1. The fourth-order valence-corrected chi connectivity index (χ4v) is 4.19. The second-order valence-electron chi connectivity index (χ2n) is 7.74. The van der Waals surface area contributed by atoms with Gasteiger partial charge in [0.1, 0.15) is 0 Å². The number of nitrogens with zero attached hydrogens (tertiary/aromatic N) is 2. The first-order chi connectivity index (χ1) is 12.6. The monoisotopic (exact) mass is 397 g/mol. The van der Waals surface area contributed by atoms with Crippen molar-refractivity contribution in [3.8, 4) is 0 Å². The molecule has 0 aromatic carbocycles. The van der Waals surface area contributed by atoms with Gasteiger partial charge in [0.15, 0.2) is 0 Å². The van der Waals surface area contributed by atoms with E-state index >= 15 is 0 Å². The van der Waals surface area contributed by atoms with Crippen LogP contribution in [0.15, 0.2) is 18.2 Å². The molecule has 0 saturated carbocycles. The standard InChI is InChI=1S/C19H31N3O4S/c1-13(2)16-9-6-8-15(20-16)12-18-17(21-27(5,24)25)10-7-11-22(18)19(23)26-14(3)4/h6,8-9,13-14,17-18,21H,7,10-12H2,1-5H3. The van der Waals surface area contributed by atoms with E-state index in [9.17, 15) is 13.2 Å². The molecule has 1 aromatic rings. The van der Waals surface area contributed by atoms with Gasteiger partial charge in [0.2, 0.25) is 10.0 Å². The van der Waals surface area contributed by atoms with Crippen LogP contribution in [0.3, 0.4) is 0 Å². The Kier molecular flexibility index (Phi) is 7.22. The van der Waals surface area contributed by atoms with Crippen LogP contribution >= 0.6 is 0 Å². The Morgan fingerprint density at radius 3 is 2.63 bits per heavy atom. The zero-order valence-corrected chi connectivity index (χ0v) is 17.6. The maximum atomic E-state index is 12.6. The Morgan fingerprint density at radius 1 is 1.33 bits per heavy atom. The lowest BCUT2D eigenvalue weighted by Gasteiger charge is -2.40. The number of sulfonamides is 1.